The van der Waals surface area contributed by atoms with E-state index in [4.69, 9.17) is 4.74 Å². The van der Waals surface area contributed by atoms with Crippen LogP contribution in [0.5, 0.6) is 0 Å². The summed E-state index contributed by atoms with van der Waals surface area (Å²) in [6.45, 7) is 6.02. The first-order chi connectivity index (χ1) is 11.6. The molecule has 0 saturated carbocycles. The van der Waals surface area contributed by atoms with Crippen molar-refractivity contribution in [2.24, 2.45) is 4.99 Å². The Balaban J connectivity index is 2.50. The fourth-order valence-electron chi connectivity index (χ4n) is 2.50. The third kappa shape index (κ3) is 3.98. The number of nitrogens with zero attached hydrogens (tertiary/aromatic N) is 2. The van der Waals surface area contributed by atoms with E-state index in [1.807, 2.05) is 32.0 Å². The number of carbonyl (C=O) groups is 1. The molecule has 1 N–H and O–H groups in total. The molecule has 2 aromatic rings. The highest BCUT2D eigenvalue weighted by molar-refractivity contribution is 5.98. The molecule has 0 bridgehead atoms. The number of benzene rings is 1. The molecule has 0 saturated heterocycles. The van der Waals surface area contributed by atoms with E-state index >= 15 is 0 Å². The zero-order valence-corrected chi connectivity index (χ0v) is 14.6. The minimum absolute atomic E-state index is 0.324. The molecule has 0 spiro atoms. The standard InChI is InChI=1S/C19H23N3O2/c1-5-24-19(23)17-14(3)13(2)16(22-18(17)21-12-20-4)11-15-9-7-6-8-10-15/h6-10,12H,5,11H2,1-4H3,(H,20,21,22). The second-order valence-electron chi connectivity index (χ2n) is 5.45. The number of rotatable bonds is 6. The van der Waals surface area contributed by atoms with Gasteiger partial charge >= 0.3 is 5.97 Å². The summed E-state index contributed by atoms with van der Waals surface area (Å²) in [7, 11) is 1.66. The molecule has 0 atom stereocenters. The maximum absolute atomic E-state index is 12.3. The van der Waals surface area contributed by atoms with Crippen molar-refractivity contribution in [1.82, 2.24) is 4.98 Å². The summed E-state index contributed by atoms with van der Waals surface area (Å²) in [6, 6.07) is 10.1. The quantitative estimate of drug-likeness (QED) is 0.501. The SMILES string of the molecule is CCOC(=O)c1c(NC=NC)nc(Cc2ccccc2)c(C)c1C. The second-order valence-corrected chi connectivity index (χ2v) is 5.45. The van der Waals surface area contributed by atoms with Crippen LogP contribution in [0.4, 0.5) is 5.82 Å². The van der Waals surface area contributed by atoms with Gasteiger partial charge in [-0.25, -0.2) is 9.78 Å². The van der Waals surface area contributed by atoms with Gasteiger partial charge in [0.05, 0.1) is 18.6 Å². The van der Waals surface area contributed by atoms with E-state index in [2.05, 4.69) is 27.4 Å². The molecule has 5 heteroatoms. The second kappa shape index (κ2) is 8.24. The third-order valence-corrected chi connectivity index (χ3v) is 3.88. The Kier molecular flexibility index (Phi) is 6.07. The van der Waals surface area contributed by atoms with Crippen molar-refractivity contribution < 1.29 is 9.53 Å². The van der Waals surface area contributed by atoms with E-state index in [1.54, 1.807) is 14.0 Å². The van der Waals surface area contributed by atoms with Gasteiger partial charge in [-0.05, 0) is 37.5 Å². The lowest BCUT2D eigenvalue weighted by Gasteiger charge is -2.16. The Hall–Kier alpha value is -2.69. The number of hydrogen-bond acceptors (Lipinski definition) is 4. The van der Waals surface area contributed by atoms with E-state index in [9.17, 15) is 4.79 Å². The molecule has 24 heavy (non-hydrogen) atoms. The normalized spacial score (nSPS) is 10.8. The first-order valence-corrected chi connectivity index (χ1v) is 7.96. The predicted molar refractivity (Wildman–Crippen MR) is 97.0 cm³/mol. The van der Waals surface area contributed by atoms with Crippen LogP contribution in [0, 0.1) is 13.8 Å². The average molecular weight is 325 g/mol. The van der Waals surface area contributed by atoms with Crippen LogP contribution in [-0.2, 0) is 11.2 Å². The number of ether oxygens (including phenoxy) is 1. The van der Waals surface area contributed by atoms with Gasteiger partial charge in [-0.1, -0.05) is 30.3 Å². The minimum Gasteiger partial charge on any atom is -0.462 e. The largest absolute Gasteiger partial charge is 0.462 e. The first-order valence-electron chi connectivity index (χ1n) is 7.96. The summed E-state index contributed by atoms with van der Waals surface area (Å²) in [5, 5.41) is 2.99. The molecular weight excluding hydrogens is 302 g/mol. The fourth-order valence-corrected chi connectivity index (χ4v) is 2.50. The van der Waals surface area contributed by atoms with Crippen LogP contribution in [0.2, 0.25) is 0 Å². The lowest BCUT2D eigenvalue weighted by molar-refractivity contribution is 0.0526. The van der Waals surface area contributed by atoms with E-state index in [-0.39, 0.29) is 5.97 Å². The van der Waals surface area contributed by atoms with Gasteiger partial charge in [0.2, 0.25) is 0 Å². The van der Waals surface area contributed by atoms with Crippen molar-refractivity contribution in [3.63, 3.8) is 0 Å². The first kappa shape index (κ1) is 17.7. The maximum Gasteiger partial charge on any atom is 0.342 e. The van der Waals surface area contributed by atoms with Crippen molar-refractivity contribution in [3.8, 4) is 0 Å². The molecule has 0 radical (unpaired) electrons. The molecule has 5 nitrogen and oxygen atoms in total. The van der Waals surface area contributed by atoms with Gasteiger partial charge in [-0.2, -0.15) is 0 Å². The average Bonchev–Trinajstić information content (AvgIpc) is 2.58. The smallest absolute Gasteiger partial charge is 0.342 e. The highest BCUT2D eigenvalue weighted by atomic mass is 16.5. The Morgan fingerprint density at radius 3 is 2.58 bits per heavy atom. The monoisotopic (exact) mass is 325 g/mol. The highest BCUT2D eigenvalue weighted by Crippen LogP contribution is 2.25. The molecule has 2 rings (SSSR count). The van der Waals surface area contributed by atoms with E-state index in [0.717, 1.165) is 16.8 Å². The number of hydrogen-bond donors (Lipinski definition) is 1. The Morgan fingerprint density at radius 1 is 1.25 bits per heavy atom. The molecule has 1 aromatic heterocycles. The summed E-state index contributed by atoms with van der Waals surface area (Å²) in [4.78, 5) is 20.9. The zero-order chi connectivity index (χ0) is 17.5. The Labute approximate surface area is 142 Å². The number of aromatic nitrogens is 1. The number of carbonyl (C=O) groups excluding carboxylic acids is 1. The minimum atomic E-state index is -0.371. The molecule has 0 amide bonds. The molecule has 126 valence electrons. The molecule has 0 fully saturated rings. The van der Waals surface area contributed by atoms with Gasteiger partial charge in [0, 0.05) is 13.5 Å². The van der Waals surface area contributed by atoms with Gasteiger partial charge in [0.1, 0.15) is 11.4 Å². The van der Waals surface area contributed by atoms with Gasteiger partial charge < -0.3 is 10.1 Å². The summed E-state index contributed by atoms with van der Waals surface area (Å²) in [5.41, 5.74) is 4.44. The number of esters is 1. The van der Waals surface area contributed by atoms with Gasteiger partial charge in [0.15, 0.2) is 0 Å². The molecule has 1 aromatic carbocycles. The molecule has 0 aliphatic carbocycles. The van der Waals surface area contributed by atoms with Crippen LogP contribution in [0.1, 0.15) is 39.7 Å². The van der Waals surface area contributed by atoms with Crippen molar-refractivity contribution in [1.29, 1.82) is 0 Å². The van der Waals surface area contributed by atoms with Crippen molar-refractivity contribution >= 4 is 18.1 Å². The number of aliphatic imine (C=N–C) groups is 1. The molecule has 1 heterocycles. The number of anilines is 1. The van der Waals surface area contributed by atoms with Crippen molar-refractivity contribution in [2.45, 2.75) is 27.2 Å². The lowest BCUT2D eigenvalue weighted by Crippen LogP contribution is -2.15. The Morgan fingerprint density at radius 2 is 1.96 bits per heavy atom. The Bertz CT molecular complexity index is 740. The maximum atomic E-state index is 12.3. The van der Waals surface area contributed by atoms with Crippen molar-refractivity contribution in [2.75, 3.05) is 19.0 Å². The van der Waals surface area contributed by atoms with Crippen LogP contribution in [-0.4, -0.2) is 30.9 Å². The number of pyridine rings is 1. The van der Waals surface area contributed by atoms with Crippen LogP contribution in [0.15, 0.2) is 35.3 Å². The van der Waals surface area contributed by atoms with Crippen LogP contribution < -0.4 is 5.32 Å². The lowest BCUT2D eigenvalue weighted by atomic mass is 9.98. The summed E-state index contributed by atoms with van der Waals surface area (Å²) < 4.78 is 5.18. The number of nitrogens with one attached hydrogen (secondary N) is 1. The molecular formula is C19H23N3O2. The van der Waals surface area contributed by atoms with Gasteiger partial charge in [-0.3, -0.25) is 4.99 Å². The summed E-state index contributed by atoms with van der Waals surface area (Å²) in [6.07, 6.45) is 2.22. The van der Waals surface area contributed by atoms with Crippen LogP contribution >= 0.6 is 0 Å². The topological polar surface area (TPSA) is 63.6 Å². The molecule has 0 unspecified atom stereocenters. The summed E-state index contributed by atoms with van der Waals surface area (Å²) in [5.74, 6) is 0.108. The fraction of sp³-hybridized carbons (Fsp3) is 0.316. The van der Waals surface area contributed by atoms with Gasteiger partial charge in [-0.15, -0.1) is 0 Å². The molecule has 0 aliphatic heterocycles. The molecule has 0 aliphatic rings. The van der Waals surface area contributed by atoms with Gasteiger partial charge in [0.25, 0.3) is 0 Å². The van der Waals surface area contributed by atoms with Crippen molar-refractivity contribution in [3.05, 3.63) is 58.3 Å². The highest BCUT2D eigenvalue weighted by Gasteiger charge is 2.21. The third-order valence-electron chi connectivity index (χ3n) is 3.88. The zero-order valence-electron chi connectivity index (χ0n) is 14.6. The van der Waals surface area contributed by atoms with E-state index in [0.29, 0.717) is 24.4 Å². The van der Waals surface area contributed by atoms with E-state index in [1.165, 1.54) is 11.9 Å². The van der Waals surface area contributed by atoms with E-state index < -0.39 is 0 Å². The summed E-state index contributed by atoms with van der Waals surface area (Å²) >= 11 is 0. The van der Waals surface area contributed by atoms with Crippen LogP contribution in [0.3, 0.4) is 0 Å². The van der Waals surface area contributed by atoms with Crippen LogP contribution in [0.25, 0.3) is 0 Å². The predicted octanol–water partition coefficient (Wildman–Crippen LogP) is 3.54.